The normalized spacial score (nSPS) is 19.8. The lowest BCUT2D eigenvalue weighted by Crippen LogP contribution is -2.25. The molecule has 2 unspecified atom stereocenters. The predicted octanol–water partition coefficient (Wildman–Crippen LogP) is 5.16. The highest BCUT2D eigenvalue weighted by Crippen LogP contribution is 2.32. The summed E-state index contributed by atoms with van der Waals surface area (Å²) in [6.45, 7) is 4.55. The van der Waals surface area contributed by atoms with Gasteiger partial charge in [0.15, 0.2) is 11.5 Å². The van der Waals surface area contributed by atoms with Crippen LogP contribution < -0.4 is 9.47 Å². The molecule has 1 saturated heterocycles. The van der Waals surface area contributed by atoms with Crippen LogP contribution in [-0.4, -0.2) is 20.3 Å². The van der Waals surface area contributed by atoms with Crippen LogP contribution in [0.1, 0.15) is 30.1 Å². The largest absolute Gasteiger partial charge is 0.494 e. The molecule has 0 aromatic heterocycles. The molecule has 138 valence electrons. The average molecular weight is 360 g/mol. The molecule has 1 heterocycles. The SMILES string of the molecule is C=Cc1ccc(C2CCC(COc3ccc(OC)c(F)c3F)CO2)cc1. The molecule has 1 aliphatic rings. The summed E-state index contributed by atoms with van der Waals surface area (Å²) < 4.78 is 43.8. The van der Waals surface area contributed by atoms with Crippen LogP contribution in [0.4, 0.5) is 8.78 Å². The first-order valence-electron chi connectivity index (χ1n) is 8.61. The Morgan fingerprint density at radius 1 is 1.08 bits per heavy atom. The number of hydrogen-bond acceptors (Lipinski definition) is 3. The van der Waals surface area contributed by atoms with E-state index in [2.05, 4.69) is 6.58 Å². The molecule has 26 heavy (non-hydrogen) atoms. The maximum absolute atomic E-state index is 13.9. The van der Waals surface area contributed by atoms with Gasteiger partial charge in [-0.2, -0.15) is 8.78 Å². The standard InChI is InChI=1S/C21H22F2O3/c1-3-14-4-7-16(8-5-14)17-9-6-15(12-25-17)13-26-19-11-10-18(24-2)20(22)21(19)23/h3-5,7-8,10-11,15,17H,1,6,9,12-13H2,2H3. The topological polar surface area (TPSA) is 27.7 Å². The van der Waals surface area contributed by atoms with Gasteiger partial charge in [0.05, 0.1) is 26.4 Å². The van der Waals surface area contributed by atoms with Crippen molar-refractivity contribution in [3.63, 3.8) is 0 Å². The van der Waals surface area contributed by atoms with Crippen LogP contribution in [0.25, 0.3) is 6.08 Å². The summed E-state index contributed by atoms with van der Waals surface area (Å²) in [6, 6.07) is 10.9. The van der Waals surface area contributed by atoms with Crippen molar-refractivity contribution in [3.8, 4) is 11.5 Å². The molecule has 1 aliphatic heterocycles. The highest BCUT2D eigenvalue weighted by Gasteiger charge is 2.24. The van der Waals surface area contributed by atoms with Crippen LogP contribution in [-0.2, 0) is 4.74 Å². The summed E-state index contributed by atoms with van der Waals surface area (Å²) in [6.07, 6.45) is 3.62. The van der Waals surface area contributed by atoms with Crippen molar-refractivity contribution in [3.05, 3.63) is 65.7 Å². The first-order chi connectivity index (χ1) is 12.6. The number of hydrogen-bond donors (Lipinski definition) is 0. The van der Waals surface area contributed by atoms with Crippen LogP contribution >= 0.6 is 0 Å². The molecule has 0 radical (unpaired) electrons. The summed E-state index contributed by atoms with van der Waals surface area (Å²) in [5, 5.41) is 0. The van der Waals surface area contributed by atoms with E-state index in [1.165, 1.54) is 19.2 Å². The van der Waals surface area contributed by atoms with Crippen molar-refractivity contribution in [1.29, 1.82) is 0 Å². The second-order valence-electron chi connectivity index (χ2n) is 6.34. The van der Waals surface area contributed by atoms with E-state index in [0.29, 0.717) is 6.61 Å². The Bertz CT molecular complexity index is 751. The summed E-state index contributed by atoms with van der Waals surface area (Å²) in [7, 11) is 1.29. The number of rotatable bonds is 6. The zero-order valence-electron chi connectivity index (χ0n) is 14.7. The number of halogens is 2. The Balaban J connectivity index is 1.53. The molecule has 2 aromatic carbocycles. The van der Waals surface area contributed by atoms with Gasteiger partial charge in [-0.15, -0.1) is 0 Å². The van der Waals surface area contributed by atoms with E-state index in [-0.39, 0.29) is 30.1 Å². The Kier molecular flexibility index (Phi) is 5.89. The fourth-order valence-corrected chi connectivity index (χ4v) is 3.04. The fraction of sp³-hybridized carbons (Fsp3) is 0.333. The zero-order chi connectivity index (χ0) is 18.5. The lowest BCUT2D eigenvalue weighted by Gasteiger charge is -2.29. The summed E-state index contributed by atoms with van der Waals surface area (Å²) in [4.78, 5) is 0. The lowest BCUT2D eigenvalue weighted by atomic mass is 9.95. The summed E-state index contributed by atoms with van der Waals surface area (Å²) in [5.41, 5.74) is 2.21. The first-order valence-corrected chi connectivity index (χ1v) is 8.61. The third-order valence-electron chi connectivity index (χ3n) is 4.62. The van der Waals surface area contributed by atoms with E-state index in [1.807, 2.05) is 24.3 Å². The Labute approximate surface area is 152 Å². The molecular formula is C21H22F2O3. The van der Waals surface area contributed by atoms with Crippen LogP contribution in [0.3, 0.4) is 0 Å². The summed E-state index contributed by atoms with van der Waals surface area (Å²) in [5.74, 6) is -2.16. The van der Waals surface area contributed by atoms with Crippen LogP contribution in [0.15, 0.2) is 43.0 Å². The number of benzene rings is 2. The predicted molar refractivity (Wildman–Crippen MR) is 96.4 cm³/mol. The monoisotopic (exact) mass is 360 g/mol. The quantitative estimate of drug-likeness (QED) is 0.712. The molecule has 3 nitrogen and oxygen atoms in total. The minimum Gasteiger partial charge on any atom is -0.494 e. The third kappa shape index (κ3) is 4.05. The number of methoxy groups -OCH3 is 1. The van der Waals surface area contributed by atoms with Gasteiger partial charge in [-0.1, -0.05) is 36.9 Å². The molecule has 2 aromatic rings. The molecule has 2 atom stereocenters. The van der Waals surface area contributed by atoms with Gasteiger partial charge in [0.1, 0.15) is 0 Å². The molecule has 1 fully saturated rings. The van der Waals surface area contributed by atoms with Gasteiger partial charge in [-0.25, -0.2) is 0 Å². The van der Waals surface area contributed by atoms with Crippen LogP contribution in [0, 0.1) is 17.6 Å². The maximum atomic E-state index is 13.9. The van der Waals surface area contributed by atoms with Crippen molar-refractivity contribution in [1.82, 2.24) is 0 Å². The van der Waals surface area contributed by atoms with E-state index in [9.17, 15) is 8.78 Å². The summed E-state index contributed by atoms with van der Waals surface area (Å²) >= 11 is 0. The molecule has 0 bridgehead atoms. The second kappa shape index (κ2) is 8.32. The minimum atomic E-state index is -1.03. The Hall–Kier alpha value is -2.40. The van der Waals surface area contributed by atoms with Gasteiger partial charge in [-0.3, -0.25) is 0 Å². The van der Waals surface area contributed by atoms with Crippen molar-refractivity contribution < 1.29 is 23.0 Å². The molecule has 0 N–H and O–H groups in total. The van der Waals surface area contributed by atoms with Gasteiger partial charge >= 0.3 is 0 Å². The Morgan fingerprint density at radius 3 is 2.38 bits per heavy atom. The van der Waals surface area contributed by atoms with Gasteiger partial charge in [0, 0.05) is 5.92 Å². The highest BCUT2D eigenvalue weighted by molar-refractivity contribution is 5.47. The van der Waals surface area contributed by atoms with E-state index in [0.717, 1.165) is 24.0 Å². The van der Waals surface area contributed by atoms with E-state index in [4.69, 9.17) is 14.2 Å². The van der Waals surface area contributed by atoms with Gasteiger partial charge in [0.2, 0.25) is 11.6 Å². The van der Waals surface area contributed by atoms with E-state index < -0.39 is 11.6 Å². The molecule has 0 saturated carbocycles. The van der Waals surface area contributed by atoms with Gasteiger partial charge < -0.3 is 14.2 Å². The minimum absolute atomic E-state index is 0.0558. The van der Waals surface area contributed by atoms with Crippen LogP contribution in [0.2, 0.25) is 0 Å². The molecule has 0 spiro atoms. The van der Waals surface area contributed by atoms with Gasteiger partial charge in [0.25, 0.3) is 0 Å². The maximum Gasteiger partial charge on any atom is 0.204 e. The van der Waals surface area contributed by atoms with E-state index in [1.54, 1.807) is 6.08 Å². The average Bonchev–Trinajstić information content (AvgIpc) is 2.70. The van der Waals surface area contributed by atoms with Crippen molar-refractivity contribution >= 4 is 6.08 Å². The van der Waals surface area contributed by atoms with Crippen molar-refractivity contribution in [2.24, 2.45) is 5.92 Å². The Morgan fingerprint density at radius 2 is 1.77 bits per heavy atom. The lowest BCUT2D eigenvalue weighted by molar-refractivity contribution is -0.0289. The second-order valence-corrected chi connectivity index (χ2v) is 6.34. The van der Waals surface area contributed by atoms with Crippen LogP contribution in [0.5, 0.6) is 11.5 Å². The third-order valence-corrected chi connectivity index (χ3v) is 4.62. The fourth-order valence-electron chi connectivity index (χ4n) is 3.04. The zero-order valence-corrected chi connectivity index (χ0v) is 14.7. The molecule has 0 aliphatic carbocycles. The molecule has 0 amide bonds. The molecular weight excluding hydrogens is 338 g/mol. The van der Waals surface area contributed by atoms with Crippen molar-refractivity contribution in [2.75, 3.05) is 20.3 Å². The first kappa shape index (κ1) is 18.4. The molecule has 5 heteroatoms. The van der Waals surface area contributed by atoms with E-state index >= 15 is 0 Å². The van der Waals surface area contributed by atoms with Gasteiger partial charge in [-0.05, 0) is 36.1 Å². The smallest absolute Gasteiger partial charge is 0.204 e. The van der Waals surface area contributed by atoms with Crippen molar-refractivity contribution in [2.45, 2.75) is 18.9 Å². The number of ether oxygens (including phenoxy) is 3. The molecule has 3 rings (SSSR count). The highest BCUT2D eigenvalue weighted by atomic mass is 19.2.